The van der Waals surface area contributed by atoms with Crippen LogP contribution in [0.2, 0.25) is 0 Å². The molecule has 1 aliphatic carbocycles. The summed E-state index contributed by atoms with van der Waals surface area (Å²) < 4.78 is 0.203. The lowest BCUT2D eigenvalue weighted by Gasteiger charge is -2.17. The van der Waals surface area contributed by atoms with Crippen LogP contribution in [0.1, 0.15) is 19.0 Å². The molecule has 0 unspecified atom stereocenters. The lowest BCUT2D eigenvalue weighted by Crippen LogP contribution is -2.38. The van der Waals surface area contributed by atoms with E-state index in [9.17, 15) is 0 Å². The zero-order valence-electron chi connectivity index (χ0n) is 7.71. The molecule has 0 saturated carbocycles. The molecular formula is C10H11IN2. The van der Waals surface area contributed by atoms with E-state index >= 15 is 0 Å². The number of aromatic nitrogens is 2. The van der Waals surface area contributed by atoms with Crippen LogP contribution in [0.3, 0.4) is 0 Å². The van der Waals surface area contributed by atoms with E-state index in [1.54, 1.807) is 0 Å². The molecule has 2 rings (SSSR count). The van der Waals surface area contributed by atoms with E-state index in [4.69, 9.17) is 0 Å². The lowest BCUT2D eigenvalue weighted by atomic mass is 10.0. The van der Waals surface area contributed by atoms with Gasteiger partial charge in [0, 0.05) is 9.62 Å². The number of hydrogen-bond donors (Lipinski definition) is 0. The van der Waals surface area contributed by atoms with Gasteiger partial charge in [-0.25, -0.2) is 0 Å². The maximum absolute atomic E-state index is 4.43. The summed E-state index contributed by atoms with van der Waals surface area (Å²) in [4.78, 5) is 8.79. The second-order valence-electron chi connectivity index (χ2n) is 3.61. The number of aryl methyl sites for hydroxylation is 1. The second kappa shape index (κ2) is 3.04. The molecule has 1 aromatic heterocycles. The van der Waals surface area contributed by atoms with E-state index < -0.39 is 0 Å². The normalized spacial score (nSPS) is 25.8. The van der Waals surface area contributed by atoms with E-state index in [1.807, 2.05) is 13.1 Å². The van der Waals surface area contributed by atoms with Crippen LogP contribution in [-0.4, -0.2) is 13.4 Å². The third-order valence-corrected chi connectivity index (χ3v) is 2.83. The van der Waals surface area contributed by atoms with Crippen LogP contribution in [0.5, 0.6) is 0 Å². The number of nitrogens with zero attached hydrogens (tertiary/aromatic N) is 2. The highest BCUT2D eigenvalue weighted by Gasteiger charge is 2.18. The first kappa shape index (κ1) is 9.12. The van der Waals surface area contributed by atoms with Gasteiger partial charge < -0.3 is 0 Å². The molecule has 0 radical (unpaired) electrons. The largest absolute Gasteiger partial charge is 0.253 e. The molecule has 0 fully saturated rings. The number of alkyl halides is 1. The zero-order chi connectivity index (χ0) is 9.47. The van der Waals surface area contributed by atoms with Crippen LogP contribution in [0.25, 0.3) is 12.2 Å². The fourth-order valence-corrected chi connectivity index (χ4v) is 1.92. The molecule has 0 saturated heterocycles. The Bertz CT molecular complexity index is 448. The zero-order valence-corrected chi connectivity index (χ0v) is 9.87. The summed E-state index contributed by atoms with van der Waals surface area (Å²) in [5.74, 6) is 0. The van der Waals surface area contributed by atoms with Crippen LogP contribution in [0.15, 0.2) is 6.20 Å². The Balaban J connectivity index is 2.71. The Morgan fingerprint density at radius 3 is 3.00 bits per heavy atom. The highest BCUT2D eigenvalue weighted by molar-refractivity contribution is 14.1. The summed E-state index contributed by atoms with van der Waals surface area (Å²) in [6.45, 7) is 4.17. The Labute approximate surface area is 90.9 Å². The summed E-state index contributed by atoms with van der Waals surface area (Å²) in [6, 6.07) is 0. The predicted octanol–water partition coefficient (Wildman–Crippen LogP) is 0.943. The van der Waals surface area contributed by atoms with Crippen molar-refractivity contribution in [2.45, 2.75) is 23.7 Å². The van der Waals surface area contributed by atoms with E-state index in [2.05, 4.69) is 51.6 Å². The average Bonchev–Trinajstić information content (AvgIpc) is 2.05. The molecule has 0 bridgehead atoms. The number of rotatable bonds is 0. The molecule has 1 aromatic rings. The van der Waals surface area contributed by atoms with Crippen LogP contribution in [0.4, 0.5) is 0 Å². The Morgan fingerprint density at radius 2 is 2.23 bits per heavy atom. The highest BCUT2D eigenvalue weighted by Crippen LogP contribution is 2.25. The molecule has 0 aromatic carbocycles. The van der Waals surface area contributed by atoms with Crippen molar-refractivity contribution in [3.8, 4) is 0 Å². The molecule has 0 N–H and O–H groups in total. The minimum absolute atomic E-state index is 0.203. The van der Waals surface area contributed by atoms with Gasteiger partial charge in [0.15, 0.2) is 0 Å². The van der Waals surface area contributed by atoms with Crippen molar-refractivity contribution in [2.75, 3.05) is 0 Å². The molecular weight excluding hydrogens is 275 g/mol. The van der Waals surface area contributed by atoms with Gasteiger partial charge in [-0.3, -0.25) is 9.97 Å². The van der Waals surface area contributed by atoms with Gasteiger partial charge in [0.05, 0.1) is 16.4 Å². The smallest absolute Gasteiger partial charge is 0.0857 e. The summed E-state index contributed by atoms with van der Waals surface area (Å²) in [6.07, 6.45) is 7.22. The molecule has 1 atom stereocenters. The molecule has 0 amide bonds. The standard InChI is InChI=1S/C10H11IN2/c1-7-6-12-9-5-10(2,11)4-3-8(9)13-7/h3,5-6H,4H2,1-2H3/t10-/m0/s1. The third kappa shape index (κ3) is 1.90. The van der Waals surface area contributed by atoms with Crippen molar-refractivity contribution in [1.82, 2.24) is 9.97 Å². The fourth-order valence-electron chi connectivity index (χ4n) is 1.41. The molecule has 1 heterocycles. The second-order valence-corrected chi connectivity index (χ2v) is 6.08. The van der Waals surface area contributed by atoms with Crippen LogP contribution in [0, 0.1) is 6.92 Å². The first-order valence-electron chi connectivity index (χ1n) is 4.28. The van der Waals surface area contributed by atoms with Gasteiger partial charge >= 0.3 is 0 Å². The van der Waals surface area contributed by atoms with E-state index in [-0.39, 0.29) is 3.42 Å². The summed E-state index contributed by atoms with van der Waals surface area (Å²) in [7, 11) is 0. The minimum Gasteiger partial charge on any atom is -0.253 e. The van der Waals surface area contributed by atoms with Gasteiger partial charge in [-0.05, 0) is 26.3 Å². The molecule has 0 spiro atoms. The Kier molecular flexibility index (Phi) is 2.14. The first-order chi connectivity index (χ1) is 6.07. The van der Waals surface area contributed by atoms with Crippen molar-refractivity contribution < 1.29 is 0 Å². The van der Waals surface area contributed by atoms with Crippen molar-refractivity contribution in [2.24, 2.45) is 0 Å². The third-order valence-electron chi connectivity index (χ3n) is 2.08. The molecule has 13 heavy (non-hydrogen) atoms. The van der Waals surface area contributed by atoms with Crippen LogP contribution >= 0.6 is 22.6 Å². The van der Waals surface area contributed by atoms with E-state index in [0.717, 1.165) is 22.8 Å². The first-order valence-corrected chi connectivity index (χ1v) is 5.36. The Hall–Kier alpha value is -0.450. The molecule has 3 heteroatoms. The topological polar surface area (TPSA) is 25.8 Å². The van der Waals surface area contributed by atoms with Crippen molar-refractivity contribution in [3.63, 3.8) is 0 Å². The summed E-state index contributed by atoms with van der Waals surface area (Å²) in [5.41, 5.74) is 0.987. The SMILES string of the molecule is Cc1cnc2c(n1)=CC[C@](C)(I)C=2. The van der Waals surface area contributed by atoms with Crippen LogP contribution in [-0.2, 0) is 0 Å². The molecule has 0 aliphatic heterocycles. The average molecular weight is 286 g/mol. The van der Waals surface area contributed by atoms with Crippen molar-refractivity contribution in [3.05, 3.63) is 22.6 Å². The molecule has 1 aliphatic rings. The fraction of sp³-hybridized carbons (Fsp3) is 0.400. The maximum Gasteiger partial charge on any atom is 0.0857 e. The van der Waals surface area contributed by atoms with Crippen LogP contribution < -0.4 is 10.7 Å². The van der Waals surface area contributed by atoms with E-state index in [0.29, 0.717) is 0 Å². The minimum atomic E-state index is 0.203. The van der Waals surface area contributed by atoms with Gasteiger partial charge in [-0.1, -0.05) is 28.7 Å². The molecule has 68 valence electrons. The number of fused-ring (bicyclic) bond motifs is 1. The van der Waals surface area contributed by atoms with Crippen molar-refractivity contribution >= 4 is 34.7 Å². The monoisotopic (exact) mass is 286 g/mol. The van der Waals surface area contributed by atoms with E-state index in [1.165, 1.54) is 0 Å². The number of hydrogen-bond acceptors (Lipinski definition) is 2. The van der Waals surface area contributed by atoms with Crippen molar-refractivity contribution in [1.29, 1.82) is 0 Å². The lowest BCUT2D eigenvalue weighted by molar-refractivity contribution is 0.875. The van der Waals surface area contributed by atoms with Gasteiger partial charge in [0.25, 0.3) is 0 Å². The molecule has 2 nitrogen and oxygen atoms in total. The summed E-state index contributed by atoms with van der Waals surface area (Å²) >= 11 is 2.44. The quantitative estimate of drug-likeness (QED) is 0.524. The maximum atomic E-state index is 4.43. The van der Waals surface area contributed by atoms with Gasteiger partial charge in [-0.15, -0.1) is 0 Å². The Morgan fingerprint density at radius 1 is 1.46 bits per heavy atom. The number of halogens is 1. The highest BCUT2D eigenvalue weighted by atomic mass is 127. The predicted molar refractivity (Wildman–Crippen MR) is 62.0 cm³/mol. The van der Waals surface area contributed by atoms with Gasteiger partial charge in [0.2, 0.25) is 0 Å². The van der Waals surface area contributed by atoms with Gasteiger partial charge in [0.1, 0.15) is 0 Å². The summed E-state index contributed by atoms with van der Waals surface area (Å²) in [5, 5.41) is 2.06. The van der Waals surface area contributed by atoms with Gasteiger partial charge in [-0.2, -0.15) is 0 Å².